The molecule has 29 heavy (non-hydrogen) atoms. The average Bonchev–Trinajstić information content (AvgIpc) is 2.65. The molecule has 2 rings (SSSR count). The molecule has 0 aliphatic carbocycles. The molecule has 0 aliphatic heterocycles. The van der Waals surface area contributed by atoms with Crippen molar-refractivity contribution in [1.29, 1.82) is 0 Å². The van der Waals surface area contributed by atoms with Gasteiger partial charge in [-0.2, -0.15) is 0 Å². The van der Waals surface area contributed by atoms with E-state index in [9.17, 15) is 9.59 Å². The molecule has 0 saturated carbocycles. The predicted octanol–water partition coefficient (Wildman–Crippen LogP) is 4.22. The number of rotatable bonds is 7. The number of amides is 2. The summed E-state index contributed by atoms with van der Waals surface area (Å²) in [7, 11) is 1.60. The van der Waals surface area contributed by atoms with Crippen LogP contribution in [0, 0.1) is 0 Å². The Morgan fingerprint density at radius 3 is 2.31 bits per heavy atom. The van der Waals surface area contributed by atoms with E-state index in [1.165, 1.54) is 0 Å². The van der Waals surface area contributed by atoms with Crippen LogP contribution in [-0.4, -0.2) is 35.4 Å². The maximum Gasteiger partial charge on any atom is 0.242 e. The molecule has 2 amide bonds. The van der Waals surface area contributed by atoms with Crippen LogP contribution in [0.4, 0.5) is 0 Å². The van der Waals surface area contributed by atoms with E-state index < -0.39 is 6.04 Å². The number of carbonyl (C=O) groups excluding carboxylic acids is 2. The fourth-order valence-corrected chi connectivity index (χ4v) is 3.12. The topological polar surface area (TPSA) is 58.6 Å². The molecule has 0 bridgehead atoms. The van der Waals surface area contributed by atoms with Crippen LogP contribution in [-0.2, 0) is 22.6 Å². The van der Waals surface area contributed by atoms with Crippen LogP contribution >= 0.6 is 11.6 Å². The first-order valence-electron chi connectivity index (χ1n) is 9.58. The first-order valence-corrected chi connectivity index (χ1v) is 9.96. The highest BCUT2D eigenvalue weighted by Gasteiger charge is 2.28. The summed E-state index contributed by atoms with van der Waals surface area (Å²) >= 11 is 6.10. The summed E-state index contributed by atoms with van der Waals surface area (Å²) in [6, 6.07) is 14.0. The molecule has 1 unspecified atom stereocenters. The molecule has 6 heteroatoms. The van der Waals surface area contributed by atoms with Crippen LogP contribution < -0.4 is 10.1 Å². The van der Waals surface area contributed by atoms with Crippen molar-refractivity contribution >= 4 is 23.4 Å². The third-order valence-electron chi connectivity index (χ3n) is 4.42. The molecule has 5 nitrogen and oxygen atoms in total. The van der Waals surface area contributed by atoms with Crippen LogP contribution in [0.2, 0.25) is 5.02 Å². The number of ether oxygens (including phenoxy) is 1. The minimum atomic E-state index is -0.626. The number of hydrogen-bond acceptors (Lipinski definition) is 3. The van der Waals surface area contributed by atoms with E-state index in [4.69, 9.17) is 16.3 Å². The lowest BCUT2D eigenvalue weighted by atomic mass is 10.1. The van der Waals surface area contributed by atoms with Crippen LogP contribution in [0.15, 0.2) is 48.5 Å². The van der Waals surface area contributed by atoms with Gasteiger partial charge in [0.2, 0.25) is 11.8 Å². The Morgan fingerprint density at radius 2 is 1.76 bits per heavy atom. The van der Waals surface area contributed by atoms with Gasteiger partial charge < -0.3 is 15.0 Å². The zero-order valence-electron chi connectivity index (χ0n) is 17.7. The molecule has 2 aromatic rings. The molecular formula is C23H29ClN2O3. The minimum absolute atomic E-state index is 0.133. The summed E-state index contributed by atoms with van der Waals surface area (Å²) in [5.41, 5.74) is 1.35. The second-order valence-electron chi connectivity index (χ2n) is 8.09. The van der Waals surface area contributed by atoms with E-state index in [1.807, 2.05) is 63.2 Å². The molecular weight excluding hydrogens is 388 g/mol. The Bertz CT molecular complexity index is 844. The van der Waals surface area contributed by atoms with Crippen molar-refractivity contribution in [3.8, 4) is 5.75 Å². The fourth-order valence-electron chi connectivity index (χ4n) is 2.91. The van der Waals surface area contributed by atoms with Crippen molar-refractivity contribution in [2.24, 2.45) is 0 Å². The molecule has 1 atom stereocenters. The van der Waals surface area contributed by atoms with E-state index in [0.29, 0.717) is 11.6 Å². The molecule has 156 valence electrons. The molecule has 2 aromatic carbocycles. The van der Waals surface area contributed by atoms with Gasteiger partial charge in [0, 0.05) is 17.1 Å². The van der Waals surface area contributed by atoms with Gasteiger partial charge in [0.15, 0.2) is 0 Å². The predicted molar refractivity (Wildman–Crippen MR) is 116 cm³/mol. The molecule has 0 aliphatic rings. The summed E-state index contributed by atoms with van der Waals surface area (Å²) in [6.07, 6.45) is 0.192. The van der Waals surface area contributed by atoms with Crippen LogP contribution in [0.25, 0.3) is 0 Å². The number of hydrogen-bond donors (Lipinski definition) is 1. The lowest BCUT2D eigenvalue weighted by Crippen LogP contribution is -2.52. The van der Waals surface area contributed by atoms with Crippen LogP contribution in [0.1, 0.15) is 38.8 Å². The zero-order valence-corrected chi connectivity index (χ0v) is 18.4. The van der Waals surface area contributed by atoms with E-state index >= 15 is 0 Å². The highest BCUT2D eigenvalue weighted by molar-refractivity contribution is 6.30. The molecule has 0 radical (unpaired) electrons. The number of benzene rings is 2. The van der Waals surface area contributed by atoms with Gasteiger partial charge in [0.05, 0.1) is 13.5 Å². The summed E-state index contributed by atoms with van der Waals surface area (Å²) in [5.74, 6) is 0.407. The molecule has 0 heterocycles. The van der Waals surface area contributed by atoms with Crippen LogP contribution in [0.5, 0.6) is 5.75 Å². The maximum absolute atomic E-state index is 13.1. The average molecular weight is 417 g/mol. The fraction of sp³-hybridized carbons (Fsp3) is 0.391. The molecule has 1 N–H and O–H groups in total. The maximum atomic E-state index is 13.1. The van der Waals surface area contributed by atoms with Gasteiger partial charge in [0.1, 0.15) is 11.8 Å². The van der Waals surface area contributed by atoms with Crippen molar-refractivity contribution in [3.05, 3.63) is 64.7 Å². The highest BCUT2D eigenvalue weighted by Crippen LogP contribution is 2.18. The number of nitrogens with one attached hydrogen (secondary N) is 1. The summed E-state index contributed by atoms with van der Waals surface area (Å²) in [5, 5.41) is 3.55. The van der Waals surface area contributed by atoms with E-state index in [2.05, 4.69) is 5.32 Å². The second kappa shape index (κ2) is 9.79. The molecule has 0 aromatic heterocycles. The summed E-state index contributed by atoms with van der Waals surface area (Å²) in [6.45, 7) is 7.79. The standard InChI is InChI=1S/C23H29ClN2O3/c1-16(22(28)25-23(2,3)4)26(15-18-7-6-8-19(24)13-18)21(27)14-17-9-11-20(29-5)12-10-17/h6-13,16H,14-15H2,1-5H3,(H,25,28). The highest BCUT2D eigenvalue weighted by atomic mass is 35.5. The summed E-state index contributed by atoms with van der Waals surface area (Å²) in [4.78, 5) is 27.5. The number of carbonyl (C=O) groups is 2. The Hall–Kier alpha value is -2.53. The van der Waals surface area contributed by atoms with Crippen molar-refractivity contribution < 1.29 is 14.3 Å². The van der Waals surface area contributed by atoms with Gasteiger partial charge in [-0.15, -0.1) is 0 Å². The van der Waals surface area contributed by atoms with Gasteiger partial charge in [-0.05, 0) is 63.1 Å². The Labute approximate surface area is 178 Å². The Balaban J connectivity index is 2.24. The van der Waals surface area contributed by atoms with Crippen molar-refractivity contribution in [3.63, 3.8) is 0 Å². The number of methoxy groups -OCH3 is 1. The molecule has 0 saturated heterocycles. The lowest BCUT2D eigenvalue weighted by molar-refractivity contribution is -0.140. The van der Waals surface area contributed by atoms with E-state index in [-0.39, 0.29) is 23.8 Å². The first kappa shape index (κ1) is 22.8. The minimum Gasteiger partial charge on any atom is -0.497 e. The zero-order chi connectivity index (χ0) is 21.6. The third-order valence-corrected chi connectivity index (χ3v) is 4.66. The Morgan fingerprint density at radius 1 is 1.10 bits per heavy atom. The lowest BCUT2D eigenvalue weighted by Gasteiger charge is -2.31. The van der Waals surface area contributed by atoms with Crippen molar-refractivity contribution in [2.75, 3.05) is 7.11 Å². The van der Waals surface area contributed by atoms with Gasteiger partial charge in [-0.25, -0.2) is 0 Å². The molecule has 0 fully saturated rings. The first-order chi connectivity index (χ1) is 13.6. The molecule has 0 spiro atoms. The third kappa shape index (κ3) is 7.09. The van der Waals surface area contributed by atoms with Gasteiger partial charge in [-0.3, -0.25) is 9.59 Å². The van der Waals surface area contributed by atoms with Gasteiger partial charge in [0.25, 0.3) is 0 Å². The normalized spacial score (nSPS) is 12.2. The van der Waals surface area contributed by atoms with Crippen molar-refractivity contribution in [1.82, 2.24) is 10.2 Å². The number of nitrogens with zero attached hydrogens (tertiary/aromatic N) is 1. The number of halogens is 1. The van der Waals surface area contributed by atoms with E-state index in [1.54, 1.807) is 25.0 Å². The van der Waals surface area contributed by atoms with Crippen LogP contribution in [0.3, 0.4) is 0 Å². The quantitative estimate of drug-likeness (QED) is 0.735. The Kier molecular flexibility index (Phi) is 7.68. The van der Waals surface area contributed by atoms with Gasteiger partial charge >= 0.3 is 0 Å². The van der Waals surface area contributed by atoms with Gasteiger partial charge in [-0.1, -0.05) is 35.9 Å². The smallest absolute Gasteiger partial charge is 0.242 e. The second-order valence-corrected chi connectivity index (χ2v) is 8.53. The van der Waals surface area contributed by atoms with E-state index in [0.717, 1.165) is 16.9 Å². The summed E-state index contributed by atoms with van der Waals surface area (Å²) < 4.78 is 5.17. The monoisotopic (exact) mass is 416 g/mol. The largest absolute Gasteiger partial charge is 0.497 e. The SMILES string of the molecule is COc1ccc(CC(=O)N(Cc2cccc(Cl)c2)C(C)C(=O)NC(C)(C)C)cc1. The van der Waals surface area contributed by atoms with Crippen molar-refractivity contribution in [2.45, 2.75) is 52.2 Å².